The molecule has 3 heteroatoms. The number of fused-ring (bicyclic) bond motifs is 1. The first-order valence-corrected chi connectivity index (χ1v) is 7.78. The number of anilines is 1. The molecule has 0 radical (unpaired) electrons. The molecule has 0 saturated carbocycles. The average molecular weight is 291 g/mol. The summed E-state index contributed by atoms with van der Waals surface area (Å²) < 4.78 is 4.93. The van der Waals surface area contributed by atoms with Crippen molar-refractivity contribution in [2.45, 2.75) is 45.8 Å². The van der Waals surface area contributed by atoms with E-state index in [2.05, 4.69) is 49.6 Å². The van der Waals surface area contributed by atoms with Crippen molar-refractivity contribution in [3.8, 4) is 0 Å². The molecule has 3 rings (SSSR count). The molecule has 2 heterocycles. The van der Waals surface area contributed by atoms with Crippen LogP contribution in [0.3, 0.4) is 0 Å². The van der Waals surface area contributed by atoms with Crippen LogP contribution in [0.15, 0.2) is 36.9 Å². The maximum atomic E-state index is 8.93. The van der Waals surface area contributed by atoms with E-state index in [0.717, 1.165) is 19.6 Å². The van der Waals surface area contributed by atoms with Crippen LogP contribution >= 0.6 is 0 Å². The van der Waals surface area contributed by atoms with Crippen molar-refractivity contribution in [1.29, 1.82) is 0 Å². The molecule has 2 aliphatic rings. The van der Waals surface area contributed by atoms with E-state index < -0.39 is 0 Å². The largest absolute Gasteiger partial charge is 0.395 e. The Morgan fingerprint density at radius 2 is 1.95 bits per heavy atom. The molecule has 1 aromatic rings. The van der Waals surface area contributed by atoms with Gasteiger partial charge in [0.05, 0.1) is 12.7 Å². The Balaban J connectivity index is 0.000000228. The van der Waals surface area contributed by atoms with Crippen LogP contribution in [-0.2, 0) is 11.2 Å². The minimum absolute atomic E-state index is 0.235. The molecule has 118 valence electrons. The van der Waals surface area contributed by atoms with Gasteiger partial charge in [0, 0.05) is 24.9 Å². The summed E-state index contributed by atoms with van der Waals surface area (Å²) in [6.07, 6.45) is 4.69. The Morgan fingerprint density at radius 3 is 2.43 bits per heavy atom. The van der Waals surface area contributed by atoms with Gasteiger partial charge in [-0.05, 0) is 45.2 Å². The Morgan fingerprint density at radius 1 is 1.38 bits per heavy atom. The second-order valence-corrected chi connectivity index (χ2v) is 5.48. The summed E-state index contributed by atoms with van der Waals surface area (Å²) >= 11 is 0. The van der Waals surface area contributed by atoms with Crippen LogP contribution in [0.25, 0.3) is 0 Å². The van der Waals surface area contributed by atoms with Gasteiger partial charge in [0.2, 0.25) is 0 Å². The third kappa shape index (κ3) is 5.52. The highest BCUT2D eigenvalue weighted by atomic mass is 16.5. The number of allylic oxidation sites excluding steroid dienone is 1. The van der Waals surface area contributed by atoms with Crippen LogP contribution in [0.4, 0.5) is 5.69 Å². The topological polar surface area (TPSA) is 32.7 Å². The Hall–Kier alpha value is -1.32. The van der Waals surface area contributed by atoms with Gasteiger partial charge in [-0.15, -0.1) is 6.58 Å². The fraction of sp³-hybridized carbons (Fsp3) is 0.556. The monoisotopic (exact) mass is 291 g/mol. The Labute approximate surface area is 129 Å². The second kappa shape index (κ2) is 9.59. The Bertz CT molecular complexity index is 415. The fourth-order valence-electron chi connectivity index (χ4n) is 2.43. The molecule has 0 spiro atoms. The van der Waals surface area contributed by atoms with E-state index in [0.29, 0.717) is 12.1 Å². The van der Waals surface area contributed by atoms with E-state index >= 15 is 0 Å². The van der Waals surface area contributed by atoms with Crippen LogP contribution in [0.5, 0.6) is 0 Å². The van der Waals surface area contributed by atoms with Gasteiger partial charge in [-0.3, -0.25) is 0 Å². The Kier molecular flexibility index (Phi) is 8.09. The first-order chi connectivity index (χ1) is 10.1. The number of ether oxygens (including phenoxy) is 1. The molecule has 0 amide bonds. The van der Waals surface area contributed by atoms with Crippen molar-refractivity contribution in [2.75, 3.05) is 24.7 Å². The summed E-state index contributed by atoms with van der Waals surface area (Å²) in [5.74, 6) is 0. The number of β-amino-alcohol motifs (C(OH)–C–C–N with tert-alkyl or cyclic N) is 1. The van der Waals surface area contributed by atoms with E-state index in [1.807, 2.05) is 6.92 Å². The number of hydrogen-bond acceptors (Lipinski definition) is 3. The van der Waals surface area contributed by atoms with Gasteiger partial charge in [0.25, 0.3) is 0 Å². The van der Waals surface area contributed by atoms with Crippen molar-refractivity contribution in [1.82, 2.24) is 0 Å². The maximum Gasteiger partial charge on any atom is 0.0606 e. The van der Waals surface area contributed by atoms with Crippen LogP contribution < -0.4 is 4.90 Å². The van der Waals surface area contributed by atoms with Gasteiger partial charge in [0.15, 0.2) is 0 Å². The van der Waals surface area contributed by atoms with E-state index in [1.165, 1.54) is 17.7 Å². The molecular weight excluding hydrogens is 262 g/mol. The van der Waals surface area contributed by atoms with Crippen molar-refractivity contribution in [2.24, 2.45) is 0 Å². The standard InChI is InChI=1S/C11H15NO.C4H8O.C3H6/c1-9-8-10-4-2-3-5-11(10)12(9)6-7-13;1-4-2-3-5-4;1-3-2/h2-5,9,13H,6-8H2,1H3;4H,2-3H2,1H3;3H,1H2,2H3. The number of rotatable bonds is 2. The molecular formula is C18H29NO2. The fourth-order valence-corrected chi connectivity index (χ4v) is 2.43. The first-order valence-electron chi connectivity index (χ1n) is 7.78. The molecule has 0 aromatic heterocycles. The van der Waals surface area contributed by atoms with Crippen molar-refractivity contribution >= 4 is 5.69 Å². The van der Waals surface area contributed by atoms with E-state index in [9.17, 15) is 0 Å². The van der Waals surface area contributed by atoms with Gasteiger partial charge in [0.1, 0.15) is 0 Å². The van der Waals surface area contributed by atoms with Crippen LogP contribution in [0, 0.1) is 0 Å². The quantitative estimate of drug-likeness (QED) is 0.848. The number of hydrogen-bond donors (Lipinski definition) is 1. The molecule has 3 nitrogen and oxygen atoms in total. The van der Waals surface area contributed by atoms with E-state index in [4.69, 9.17) is 9.84 Å². The zero-order valence-electron chi connectivity index (χ0n) is 13.6. The summed E-state index contributed by atoms with van der Waals surface area (Å²) in [4.78, 5) is 2.27. The number of para-hydroxylation sites is 1. The molecule has 0 bridgehead atoms. The maximum absolute atomic E-state index is 8.93. The summed E-state index contributed by atoms with van der Waals surface area (Å²) in [5, 5.41) is 8.93. The molecule has 2 atom stereocenters. The van der Waals surface area contributed by atoms with Crippen LogP contribution in [0.1, 0.15) is 32.8 Å². The summed E-state index contributed by atoms with van der Waals surface area (Å²) in [6.45, 7) is 11.5. The molecule has 21 heavy (non-hydrogen) atoms. The number of aliphatic hydroxyl groups excluding tert-OH is 1. The van der Waals surface area contributed by atoms with Gasteiger partial charge < -0.3 is 14.7 Å². The molecule has 1 fully saturated rings. The molecule has 0 aliphatic carbocycles. The summed E-state index contributed by atoms with van der Waals surface area (Å²) in [6, 6.07) is 8.97. The van der Waals surface area contributed by atoms with Crippen molar-refractivity contribution in [3.05, 3.63) is 42.5 Å². The SMILES string of the molecule is C=CC.CC1CCO1.CC1Cc2ccccc2N1CCO. The number of nitrogens with zero attached hydrogens (tertiary/aromatic N) is 1. The van der Waals surface area contributed by atoms with Crippen molar-refractivity contribution < 1.29 is 9.84 Å². The molecule has 1 N–H and O–H groups in total. The lowest BCUT2D eigenvalue weighted by Gasteiger charge is -2.23. The lowest BCUT2D eigenvalue weighted by molar-refractivity contribution is -0.0375. The highest BCUT2D eigenvalue weighted by Crippen LogP contribution is 2.30. The predicted molar refractivity (Wildman–Crippen MR) is 89.9 cm³/mol. The normalized spacial score (nSPS) is 22.0. The third-order valence-electron chi connectivity index (χ3n) is 3.62. The first kappa shape index (κ1) is 17.7. The lowest BCUT2D eigenvalue weighted by Crippen LogP contribution is -2.31. The predicted octanol–water partition coefficient (Wildman–Crippen LogP) is 3.42. The highest BCUT2D eigenvalue weighted by Gasteiger charge is 2.24. The van der Waals surface area contributed by atoms with Crippen molar-refractivity contribution in [3.63, 3.8) is 0 Å². The smallest absolute Gasteiger partial charge is 0.0606 e. The summed E-state index contributed by atoms with van der Waals surface area (Å²) in [7, 11) is 0. The van der Waals surface area contributed by atoms with Gasteiger partial charge in [-0.1, -0.05) is 24.3 Å². The van der Waals surface area contributed by atoms with Crippen LogP contribution in [0.2, 0.25) is 0 Å². The molecule has 1 aromatic carbocycles. The summed E-state index contributed by atoms with van der Waals surface area (Å²) in [5.41, 5.74) is 2.70. The van der Waals surface area contributed by atoms with E-state index in [-0.39, 0.29) is 6.61 Å². The third-order valence-corrected chi connectivity index (χ3v) is 3.62. The second-order valence-electron chi connectivity index (χ2n) is 5.48. The average Bonchev–Trinajstić information content (AvgIpc) is 2.75. The minimum atomic E-state index is 0.235. The molecule has 2 unspecified atom stereocenters. The zero-order chi connectivity index (χ0) is 15.7. The van der Waals surface area contributed by atoms with Gasteiger partial charge in [-0.25, -0.2) is 0 Å². The van der Waals surface area contributed by atoms with Crippen LogP contribution in [-0.4, -0.2) is 37.0 Å². The number of aliphatic hydroxyl groups is 1. The molecule has 2 aliphatic heterocycles. The zero-order valence-corrected chi connectivity index (χ0v) is 13.6. The number of benzene rings is 1. The van der Waals surface area contributed by atoms with Gasteiger partial charge in [-0.2, -0.15) is 0 Å². The lowest BCUT2D eigenvalue weighted by atomic mass is 10.1. The molecule has 1 saturated heterocycles. The minimum Gasteiger partial charge on any atom is -0.395 e. The highest BCUT2D eigenvalue weighted by molar-refractivity contribution is 5.59. The van der Waals surface area contributed by atoms with Gasteiger partial charge >= 0.3 is 0 Å². The van der Waals surface area contributed by atoms with E-state index in [1.54, 1.807) is 6.08 Å².